The second kappa shape index (κ2) is 26.5. The third kappa shape index (κ3) is 16.4. The fraction of sp³-hybridized carbons (Fsp3) is 0.604. The highest BCUT2D eigenvalue weighted by atomic mass is 16.8. The lowest BCUT2D eigenvalue weighted by atomic mass is 9.96. The van der Waals surface area contributed by atoms with Crippen LogP contribution in [0.5, 0.6) is 5.75 Å². The van der Waals surface area contributed by atoms with Crippen molar-refractivity contribution in [3.8, 4) is 5.75 Å². The summed E-state index contributed by atoms with van der Waals surface area (Å²) in [5, 5.41) is 0.534. The van der Waals surface area contributed by atoms with E-state index < -0.39 is 177 Å². The second-order valence-electron chi connectivity index (χ2n) is 17.3. The maximum Gasteiger partial charge on any atom is 0.336 e. The van der Waals surface area contributed by atoms with Crippen molar-refractivity contribution in [2.24, 2.45) is 0 Å². The molecule has 3 unspecified atom stereocenters. The van der Waals surface area contributed by atoms with Crippen LogP contribution in [0.25, 0.3) is 11.0 Å². The van der Waals surface area contributed by atoms with Gasteiger partial charge in [0.25, 0.3) is 0 Å². The minimum absolute atomic E-state index is 0.0265. The fourth-order valence-electron chi connectivity index (χ4n) is 8.42. The van der Waals surface area contributed by atoms with Crippen LogP contribution in [0.2, 0.25) is 0 Å². The number of hydrogen-bond donors (Lipinski definition) is 0. The highest BCUT2D eigenvalue weighted by Crippen LogP contribution is 2.36. The number of rotatable bonds is 19. The average molecular weight is 1080 g/mol. The molecule has 0 bridgehead atoms. The molecule has 76 heavy (non-hydrogen) atoms. The van der Waals surface area contributed by atoms with E-state index in [-0.39, 0.29) is 11.3 Å². The number of hydrogen-bond acceptors (Lipinski definition) is 28. The van der Waals surface area contributed by atoms with Crippen LogP contribution >= 0.6 is 0 Å². The zero-order valence-corrected chi connectivity index (χ0v) is 43.0. The van der Waals surface area contributed by atoms with Crippen LogP contribution in [0.15, 0.2) is 33.5 Å². The largest absolute Gasteiger partial charge is 0.463 e. The van der Waals surface area contributed by atoms with Crippen molar-refractivity contribution in [1.82, 2.24) is 0 Å². The molecule has 418 valence electrons. The highest BCUT2D eigenvalue weighted by Gasteiger charge is 2.58. The highest BCUT2D eigenvalue weighted by molar-refractivity contribution is 5.81. The summed E-state index contributed by atoms with van der Waals surface area (Å²) in [5.74, 6) is -9.50. The normalized spacial score (nSPS) is 29.0. The number of carbonyl (C=O) groups excluding carboxylic acids is 10. The predicted molar refractivity (Wildman–Crippen MR) is 242 cm³/mol. The van der Waals surface area contributed by atoms with Crippen molar-refractivity contribution < 1.29 is 128 Å². The Bertz CT molecular complexity index is 2550. The van der Waals surface area contributed by atoms with Gasteiger partial charge in [-0.25, -0.2) is 4.79 Å². The number of ether oxygens (including phenoxy) is 16. The van der Waals surface area contributed by atoms with E-state index in [1.807, 2.05) is 0 Å². The topological polar surface area (TPSA) is 349 Å². The Hall–Kier alpha value is -7.27. The van der Waals surface area contributed by atoms with Crippen LogP contribution in [-0.2, 0) is 119 Å². The smallest absolute Gasteiger partial charge is 0.336 e. The van der Waals surface area contributed by atoms with Gasteiger partial charge in [0.2, 0.25) is 12.4 Å². The van der Waals surface area contributed by atoms with Gasteiger partial charge in [-0.2, -0.15) is 0 Å². The number of fused-ring (bicyclic) bond motifs is 1. The summed E-state index contributed by atoms with van der Waals surface area (Å²) in [4.78, 5) is 138. The zero-order chi connectivity index (χ0) is 56.3. The molecule has 28 nitrogen and oxygen atoms in total. The minimum Gasteiger partial charge on any atom is -0.463 e. The molecular formula is C48H58O28. The molecule has 28 heteroatoms. The molecule has 2 aromatic rings. The van der Waals surface area contributed by atoms with Gasteiger partial charge in [-0.1, -0.05) is 0 Å². The Morgan fingerprint density at radius 3 is 1.11 bits per heavy atom. The lowest BCUT2D eigenvalue weighted by Crippen LogP contribution is -2.66. The molecule has 15 atom stereocenters. The van der Waals surface area contributed by atoms with Crippen LogP contribution in [0.4, 0.5) is 0 Å². The third-order valence-corrected chi connectivity index (χ3v) is 11.0. The van der Waals surface area contributed by atoms with Gasteiger partial charge >= 0.3 is 65.3 Å². The molecule has 3 aliphatic rings. The SMILES string of the molecule is CC(=O)OCC1O[C@@H](OCC2O[C@@H](OCC3O[C@@H](Oc4ccc5c(C)cc(=O)oc5c4)[C@@H](OC(C)=O)[C@@H](OC(C)=O)[C@@H]3OC(C)=O)[C@@H](OC(C)=O)[C@@H](OC(C)=O)[C@@H]2OC(C)=O)[C@@H](OC(C)=O)[C@@H](OC(C)=O)[C@@H]1OC(C)=O. The van der Waals surface area contributed by atoms with Gasteiger partial charge in [0.15, 0.2) is 61.4 Å². The van der Waals surface area contributed by atoms with E-state index in [4.69, 9.17) is 80.2 Å². The lowest BCUT2D eigenvalue weighted by molar-refractivity contribution is -0.342. The molecule has 0 aliphatic carbocycles. The average Bonchev–Trinajstić information content (AvgIpc) is 3.28. The summed E-state index contributed by atoms with van der Waals surface area (Å²) in [5.41, 5.74) is -0.0149. The number of esters is 10. The monoisotopic (exact) mass is 1080 g/mol. The molecule has 0 radical (unpaired) electrons. The molecule has 1 aromatic heterocycles. The van der Waals surface area contributed by atoms with E-state index in [9.17, 15) is 52.7 Å². The minimum atomic E-state index is -1.92. The van der Waals surface area contributed by atoms with Crippen molar-refractivity contribution in [3.05, 3.63) is 40.2 Å². The summed E-state index contributed by atoms with van der Waals surface area (Å²) in [7, 11) is 0. The van der Waals surface area contributed by atoms with Crippen molar-refractivity contribution in [2.45, 2.75) is 168 Å². The van der Waals surface area contributed by atoms with Gasteiger partial charge in [-0.05, 0) is 24.6 Å². The first-order chi connectivity index (χ1) is 35.7. The molecule has 1 aromatic carbocycles. The maximum atomic E-state index is 12.8. The van der Waals surface area contributed by atoms with Crippen molar-refractivity contribution in [1.29, 1.82) is 0 Å². The summed E-state index contributed by atoms with van der Waals surface area (Å²) in [6, 6.07) is 5.64. The van der Waals surface area contributed by atoms with Crippen LogP contribution in [0.3, 0.4) is 0 Å². The first-order valence-corrected chi connectivity index (χ1v) is 23.3. The Kier molecular flexibility index (Phi) is 20.8. The third-order valence-electron chi connectivity index (χ3n) is 11.0. The van der Waals surface area contributed by atoms with Gasteiger partial charge in [0, 0.05) is 86.8 Å². The summed E-state index contributed by atoms with van der Waals surface area (Å²) < 4.78 is 97.6. The van der Waals surface area contributed by atoms with E-state index in [1.54, 1.807) is 13.0 Å². The van der Waals surface area contributed by atoms with Crippen molar-refractivity contribution >= 4 is 70.7 Å². The van der Waals surface area contributed by atoms with E-state index in [1.165, 1.54) is 18.2 Å². The number of benzene rings is 1. The maximum absolute atomic E-state index is 12.8. The molecule has 3 saturated heterocycles. The Morgan fingerprint density at radius 2 is 0.737 bits per heavy atom. The van der Waals surface area contributed by atoms with E-state index in [0.717, 1.165) is 69.2 Å². The molecule has 0 N–H and O–H groups in total. The van der Waals surface area contributed by atoms with Gasteiger partial charge < -0.3 is 80.2 Å². The predicted octanol–water partition coefficient (Wildman–Crippen LogP) is 0.637. The van der Waals surface area contributed by atoms with Crippen molar-refractivity contribution in [2.75, 3.05) is 19.8 Å². The molecule has 0 spiro atoms. The van der Waals surface area contributed by atoms with Crippen LogP contribution in [0, 0.1) is 6.92 Å². The zero-order valence-electron chi connectivity index (χ0n) is 43.0. The lowest BCUT2D eigenvalue weighted by Gasteiger charge is -2.47. The molecular weight excluding hydrogens is 1020 g/mol. The van der Waals surface area contributed by atoms with Crippen LogP contribution in [0.1, 0.15) is 74.8 Å². The van der Waals surface area contributed by atoms with Crippen molar-refractivity contribution in [3.63, 3.8) is 0 Å². The standard InChI is InChI=1S/C48H58O28/c1-19-14-36(59)73-32-15-30(12-13-31(19)32)72-48-45(71-29(11)58)42(68-26(8)55)39(65-23(5)52)35(76-48)18-62-47-44(70-28(10)57)41(67-25(7)54)38(64-22(4)51)34(75-47)17-61-46-43(69-27(9)56)40(66-24(6)53)37(63-21(3)50)33(74-46)16-60-20(2)49/h12-15,33-35,37-48H,16-18H2,1-11H3/t33?,34?,35?,37-,38-,39-,40+,41+,42+,43+,44+,45+,46-,47-,48-/m1/s1. The van der Waals surface area contributed by atoms with E-state index in [0.29, 0.717) is 10.9 Å². The number of aryl methyl sites for hydroxylation is 1. The Balaban J connectivity index is 1.57. The van der Waals surface area contributed by atoms with Gasteiger partial charge in [0.1, 0.15) is 36.3 Å². The summed E-state index contributed by atoms with van der Waals surface area (Å²) in [6.07, 6.45) is -25.7. The molecule has 0 amide bonds. The Labute approximate surface area is 432 Å². The van der Waals surface area contributed by atoms with E-state index in [2.05, 4.69) is 0 Å². The summed E-state index contributed by atoms with van der Waals surface area (Å²) in [6.45, 7) is 9.45. The molecule has 3 fully saturated rings. The number of carbonyl (C=O) groups is 10. The first kappa shape index (κ1) is 59.6. The van der Waals surface area contributed by atoms with Gasteiger partial charge in [0.05, 0.1) is 13.2 Å². The molecule has 5 rings (SSSR count). The van der Waals surface area contributed by atoms with Crippen LogP contribution in [-0.4, -0.2) is 172 Å². The van der Waals surface area contributed by atoms with Gasteiger partial charge in [-0.3, -0.25) is 47.9 Å². The molecule has 3 aliphatic heterocycles. The molecule has 0 saturated carbocycles. The molecule has 4 heterocycles. The fourth-order valence-corrected chi connectivity index (χ4v) is 8.42. The summed E-state index contributed by atoms with van der Waals surface area (Å²) >= 11 is 0. The van der Waals surface area contributed by atoms with Crippen LogP contribution < -0.4 is 10.4 Å². The first-order valence-electron chi connectivity index (χ1n) is 23.3. The van der Waals surface area contributed by atoms with Gasteiger partial charge in [-0.15, -0.1) is 0 Å². The van der Waals surface area contributed by atoms with E-state index >= 15 is 0 Å². The second-order valence-corrected chi connectivity index (χ2v) is 17.3. The Morgan fingerprint density at radius 1 is 0.408 bits per heavy atom. The quantitative estimate of drug-likeness (QED) is 0.106.